The molecule has 0 spiro atoms. The summed E-state index contributed by atoms with van der Waals surface area (Å²) in [4.78, 5) is 0.234. The van der Waals surface area contributed by atoms with E-state index in [9.17, 15) is 13.5 Å². The van der Waals surface area contributed by atoms with Crippen LogP contribution in [0.5, 0.6) is 0 Å². The first-order chi connectivity index (χ1) is 7.49. The van der Waals surface area contributed by atoms with Gasteiger partial charge in [0.25, 0.3) is 0 Å². The number of rotatable bonds is 5. The summed E-state index contributed by atoms with van der Waals surface area (Å²) < 4.78 is 23.6. The zero-order valence-corrected chi connectivity index (χ0v) is 10.1. The number of aliphatic hydroxyl groups excluding tert-OH is 1. The molecule has 3 N–H and O–H groups in total. The molecule has 0 saturated carbocycles. The molecule has 1 unspecified atom stereocenters. The van der Waals surface area contributed by atoms with Gasteiger partial charge in [-0.1, -0.05) is 19.1 Å². The van der Waals surface area contributed by atoms with Crippen LogP contribution in [0.4, 0.5) is 0 Å². The van der Waals surface area contributed by atoms with Crippen LogP contribution in [0.3, 0.4) is 0 Å². The van der Waals surface area contributed by atoms with Crippen molar-refractivity contribution in [3.05, 3.63) is 29.8 Å². The third-order valence-electron chi connectivity index (χ3n) is 2.37. The van der Waals surface area contributed by atoms with Crippen molar-refractivity contribution in [1.82, 2.24) is 0 Å². The molecule has 0 heterocycles. The van der Waals surface area contributed by atoms with Crippen LogP contribution < -0.4 is 5.73 Å². The minimum atomic E-state index is -3.43. The molecule has 0 bridgehead atoms. The summed E-state index contributed by atoms with van der Waals surface area (Å²) in [6, 6.07) is 6.69. The fourth-order valence-corrected chi connectivity index (χ4v) is 2.74. The Morgan fingerprint density at radius 1 is 1.31 bits per heavy atom. The number of aryl methyl sites for hydroxylation is 1. The van der Waals surface area contributed by atoms with E-state index in [1.54, 1.807) is 24.3 Å². The van der Waals surface area contributed by atoms with E-state index in [-0.39, 0.29) is 17.2 Å². The molecule has 1 aromatic carbocycles. The Kier molecular flexibility index (Phi) is 4.46. The van der Waals surface area contributed by atoms with Crippen LogP contribution in [0.15, 0.2) is 29.2 Å². The maximum Gasteiger partial charge on any atom is 0.180 e. The van der Waals surface area contributed by atoms with Gasteiger partial charge in [-0.05, 0) is 24.1 Å². The Balaban J connectivity index is 2.90. The minimum Gasteiger partial charge on any atom is -0.391 e. The standard InChI is InChI=1S/C11H17NO3S/c1-2-9-3-5-11(6-4-9)16(14,15)8-10(13)7-12/h3-6,10,13H,2,7-8,12H2,1H3. The minimum absolute atomic E-state index is 0.0493. The Morgan fingerprint density at radius 3 is 2.31 bits per heavy atom. The second kappa shape index (κ2) is 5.43. The molecule has 1 rings (SSSR count). The van der Waals surface area contributed by atoms with E-state index in [2.05, 4.69) is 0 Å². The summed E-state index contributed by atoms with van der Waals surface area (Å²) in [6.07, 6.45) is -0.137. The van der Waals surface area contributed by atoms with E-state index < -0.39 is 15.9 Å². The lowest BCUT2D eigenvalue weighted by atomic mass is 10.2. The van der Waals surface area contributed by atoms with Gasteiger partial charge in [-0.15, -0.1) is 0 Å². The molecule has 16 heavy (non-hydrogen) atoms. The molecule has 0 radical (unpaired) electrons. The summed E-state index contributed by atoms with van der Waals surface area (Å²) in [5, 5.41) is 9.25. The van der Waals surface area contributed by atoms with Gasteiger partial charge in [0.2, 0.25) is 0 Å². The molecule has 1 aromatic rings. The number of hydrogen-bond donors (Lipinski definition) is 2. The quantitative estimate of drug-likeness (QED) is 0.781. The van der Waals surface area contributed by atoms with Crippen molar-refractivity contribution in [3.8, 4) is 0 Å². The van der Waals surface area contributed by atoms with Crippen LogP contribution >= 0.6 is 0 Å². The van der Waals surface area contributed by atoms with Crippen molar-refractivity contribution in [1.29, 1.82) is 0 Å². The molecule has 90 valence electrons. The third-order valence-corrected chi connectivity index (χ3v) is 4.19. The van der Waals surface area contributed by atoms with Gasteiger partial charge in [-0.2, -0.15) is 0 Å². The van der Waals surface area contributed by atoms with Crippen molar-refractivity contribution in [2.24, 2.45) is 5.73 Å². The highest BCUT2D eigenvalue weighted by molar-refractivity contribution is 7.91. The molecule has 0 fully saturated rings. The van der Waals surface area contributed by atoms with Crippen LogP contribution in [0.25, 0.3) is 0 Å². The van der Waals surface area contributed by atoms with Crippen LogP contribution in [0.2, 0.25) is 0 Å². The summed E-state index contributed by atoms with van der Waals surface area (Å²) in [7, 11) is -3.43. The van der Waals surface area contributed by atoms with Crippen molar-refractivity contribution in [3.63, 3.8) is 0 Å². The second-order valence-electron chi connectivity index (χ2n) is 3.67. The lowest BCUT2D eigenvalue weighted by molar-refractivity contribution is 0.205. The first-order valence-electron chi connectivity index (χ1n) is 5.19. The molecule has 0 amide bonds. The smallest absolute Gasteiger partial charge is 0.180 e. The first-order valence-corrected chi connectivity index (χ1v) is 6.84. The molecule has 0 aliphatic carbocycles. The molecule has 1 atom stereocenters. The molecule has 4 nitrogen and oxygen atoms in total. The molecular weight excluding hydrogens is 226 g/mol. The number of hydrogen-bond acceptors (Lipinski definition) is 4. The first kappa shape index (κ1) is 13.2. The second-order valence-corrected chi connectivity index (χ2v) is 5.70. The maximum atomic E-state index is 11.8. The van der Waals surface area contributed by atoms with Crippen LogP contribution in [-0.2, 0) is 16.3 Å². The molecule has 0 aliphatic rings. The lowest BCUT2D eigenvalue weighted by Crippen LogP contribution is -2.28. The Labute approximate surface area is 96.0 Å². The largest absolute Gasteiger partial charge is 0.391 e. The van der Waals surface area contributed by atoms with Gasteiger partial charge < -0.3 is 10.8 Å². The van der Waals surface area contributed by atoms with Gasteiger partial charge in [0.15, 0.2) is 9.84 Å². The zero-order chi connectivity index (χ0) is 12.2. The number of nitrogens with two attached hydrogens (primary N) is 1. The average Bonchev–Trinajstić information content (AvgIpc) is 2.28. The predicted molar refractivity (Wildman–Crippen MR) is 62.9 cm³/mol. The summed E-state index contributed by atoms with van der Waals surface area (Å²) >= 11 is 0. The fourth-order valence-electron chi connectivity index (χ4n) is 1.35. The van der Waals surface area contributed by atoms with Gasteiger partial charge in [-0.3, -0.25) is 0 Å². The van der Waals surface area contributed by atoms with E-state index in [0.717, 1.165) is 12.0 Å². The Morgan fingerprint density at radius 2 is 1.88 bits per heavy atom. The number of aliphatic hydroxyl groups is 1. The normalized spacial score (nSPS) is 13.7. The summed E-state index contributed by atoms with van der Waals surface area (Å²) in [6.45, 7) is 1.95. The summed E-state index contributed by atoms with van der Waals surface area (Å²) in [5.41, 5.74) is 6.27. The van der Waals surface area contributed by atoms with Crippen molar-refractivity contribution >= 4 is 9.84 Å². The highest BCUT2D eigenvalue weighted by Gasteiger charge is 2.18. The van der Waals surface area contributed by atoms with Crippen molar-refractivity contribution in [2.45, 2.75) is 24.3 Å². The van der Waals surface area contributed by atoms with Crippen LogP contribution in [0, 0.1) is 0 Å². The Hall–Kier alpha value is -0.910. The van der Waals surface area contributed by atoms with Gasteiger partial charge in [0.1, 0.15) is 0 Å². The van der Waals surface area contributed by atoms with Gasteiger partial charge in [0, 0.05) is 6.54 Å². The third kappa shape index (κ3) is 3.30. The molecule has 0 saturated heterocycles. The van der Waals surface area contributed by atoms with E-state index in [4.69, 9.17) is 5.73 Å². The maximum absolute atomic E-state index is 11.8. The fraction of sp³-hybridized carbons (Fsp3) is 0.455. The topological polar surface area (TPSA) is 80.4 Å². The number of sulfone groups is 1. The van der Waals surface area contributed by atoms with E-state index in [0.29, 0.717) is 0 Å². The van der Waals surface area contributed by atoms with Gasteiger partial charge >= 0.3 is 0 Å². The van der Waals surface area contributed by atoms with Crippen LogP contribution in [-0.4, -0.2) is 31.9 Å². The monoisotopic (exact) mass is 243 g/mol. The van der Waals surface area contributed by atoms with E-state index >= 15 is 0 Å². The highest BCUT2D eigenvalue weighted by atomic mass is 32.2. The predicted octanol–water partition coefficient (Wildman–Crippen LogP) is 0.342. The SMILES string of the molecule is CCc1ccc(S(=O)(=O)CC(O)CN)cc1. The van der Waals surface area contributed by atoms with E-state index in [1.807, 2.05) is 6.92 Å². The van der Waals surface area contributed by atoms with E-state index in [1.165, 1.54) is 0 Å². The average molecular weight is 243 g/mol. The molecule has 0 aromatic heterocycles. The summed E-state index contributed by atoms with van der Waals surface area (Å²) in [5.74, 6) is -0.324. The van der Waals surface area contributed by atoms with Gasteiger partial charge in [0.05, 0.1) is 16.8 Å². The molecular formula is C11H17NO3S. The van der Waals surface area contributed by atoms with Crippen molar-refractivity contribution in [2.75, 3.05) is 12.3 Å². The zero-order valence-electron chi connectivity index (χ0n) is 9.26. The lowest BCUT2D eigenvalue weighted by Gasteiger charge is -2.09. The van der Waals surface area contributed by atoms with Gasteiger partial charge in [-0.25, -0.2) is 8.42 Å². The highest BCUT2D eigenvalue weighted by Crippen LogP contribution is 2.13. The van der Waals surface area contributed by atoms with Crippen LogP contribution in [0.1, 0.15) is 12.5 Å². The number of benzene rings is 1. The molecule has 5 heteroatoms. The van der Waals surface area contributed by atoms with Crippen molar-refractivity contribution < 1.29 is 13.5 Å². The molecule has 0 aliphatic heterocycles. The Bertz CT molecular complexity index is 425.